The Labute approximate surface area is 117 Å². The van der Waals surface area contributed by atoms with Gasteiger partial charge in [-0.1, -0.05) is 6.07 Å². The zero-order valence-electron chi connectivity index (χ0n) is 11.4. The molecule has 0 saturated carbocycles. The van der Waals surface area contributed by atoms with E-state index < -0.39 is 0 Å². The van der Waals surface area contributed by atoms with Gasteiger partial charge in [0.05, 0.1) is 12.6 Å². The Morgan fingerprint density at radius 2 is 2.25 bits per heavy atom. The number of amides is 1. The second-order valence-corrected chi connectivity index (χ2v) is 4.61. The first kappa shape index (κ1) is 14.2. The first-order valence-corrected chi connectivity index (χ1v) is 6.40. The third-order valence-electron chi connectivity index (χ3n) is 2.95. The molecule has 0 saturated heterocycles. The van der Waals surface area contributed by atoms with Gasteiger partial charge >= 0.3 is 0 Å². The summed E-state index contributed by atoms with van der Waals surface area (Å²) in [5, 5.41) is 11.3. The van der Waals surface area contributed by atoms with E-state index in [-0.39, 0.29) is 19.2 Å². The van der Waals surface area contributed by atoms with E-state index in [9.17, 15) is 4.79 Å². The molecule has 0 atom stereocenters. The van der Waals surface area contributed by atoms with Crippen LogP contribution in [0.4, 0.5) is 0 Å². The van der Waals surface area contributed by atoms with E-state index in [1.807, 2.05) is 30.1 Å². The molecule has 1 aromatic rings. The van der Waals surface area contributed by atoms with E-state index in [0.29, 0.717) is 25.3 Å². The van der Waals surface area contributed by atoms with E-state index in [1.165, 1.54) is 0 Å². The highest BCUT2D eigenvalue weighted by Gasteiger charge is 2.13. The van der Waals surface area contributed by atoms with Crippen LogP contribution in [0, 0.1) is 11.3 Å². The average molecular weight is 275 g/mol. The fraction of sp³-hybridized carbons (Fsp3) is 0.429. The fourth-order valence-corrected chi connectivity index (χ4v) is 1.87. The smallest absolute Gasteiger partial charge is 0.234 e. The number of hydrogen-bond donors (Lipinski definition) is 1. The lowest BCUT2D eigenvalue weighted by Gasteiger charge is -2.14. The monoisotopic (exact) mass is 275 g/mol. The van der Waals surface area contributed by atoms with Crippen LogP contribution in [0.5, 0.6) is 11.5 Å². The summed E-state index contributed by atoms with van der Waals surface area (Å²) < 4.78 is 10.5. The largest absolute Gasteiger partial charge is 0.454 e. The Bertz CT molecular complexity index is 525. The average Bonchev–Trinajstić information content (AvgIpc) is 2.90. The number of carbonyl (C=O) groups excluding carboxylic acids is 1. The number of nitriles is 1. The summed E-state index contributed by atoms with van der Waals surface area (Å²) in [5.74, 6) is 1.38. The Hall–Kier alpha value is -2.26. The van der Waals surface area contributed by atoms with Gasteiger partial charge < -0.3 is 14.8 Å². The lowest BCUT2D eigenvalue weighted by Crippen LogP contribution is -2.35. The molecule has 20 heavy (non-hydrogen) atoms. The van der Waals surface area contributed by atoms with Crippen molar-refractivity contribution in [2.75, 3.05) is 26.9 Å². The summed E-state index contributed by atoms with van der Waals surface area (Å²) in [4.78, 5) is 13.5. The number of ether oxygens (including phenoxy) is 2. The minimum absolute atomic E-state index is 0.0666. The van der Waals surface area contributed by atoms with Crippen molar-refractivity contribution in [3.8, 4) is 17.6 Å². The molecule has 0 fully saturated rings. The van der Waals surface area contributed by atoms with Gasteiger partial charge in [0, 0.05) is 19.5 Å². The van der Waals surface area contributed by atoms with Crippen molar-refractivity contribution in [2.24, 2.45) is 0 Å². The minimum atomic E-state index is -0.0666. The number of likely N-dealkylation sites (N-methyl/N-ethyl adjacent to an activating group) is 1. The van der Waals surface area contributed by atoms with E-state index in [1.54, 1.807) is 0 Å². The highest BCUT2D eigenvalue weighted by atomic mass is 16.7. The molecular weight excluding hydrogens is 258 g/mol. The predicted molar refractivity (Wildman–Crippen MR) is 72.1 cm³/mol. The van der Waals surface area contributed by atoms with Crippen molar-refractivity contribution in [2.45, 2.75) is 13.0 Å². The number of carbonyl (C=O) groups is 1. The number of nitrogens with one attached hydrogen (secondary N) is 1. The molecular formula is C14H17N3O3. The van der Waals surface area contributed by atoms with Gasteiger partial charge in [0.1, 0.15) is 0 Å². The number of rotatable bonds is 6. The molecule has 0 aliphatic carbocycles. The zero-order valence-corrected chi connectivity index (χ0v) is 11.4. The molecule has 6 nitrogen and oxygen atoms in total. The Balaban J connectivity index is 1.77. The quantitative estimate of drug-likeness (QED) is 0.834. The molecule has 1 heterocycles. The lowest BCUT2D eigenvalue weighted by molar-refractivity contribution is -0.122. The van der Waals surface area contributed by atoms with Crippen molar-refractivity contribution in [3.63, 3.8) is 0 Å². The molecule has 106 valence electrons. The molecule has 1 aliphatic heterocycles. The van der Waals surface area contributed by atoms with Crippen LogP contribution in [-0.4, -0.2) is 37.7 Å². The molecule has 0 unspecified atom stereocenters. The van der Waals surface area contributed by atoms with Crippen LogP contribution >= 0.6 is 0 Å². The number of benzene rings is 1. The molecule has 1 aliphatic rings. The van der Waals surface area contributed by atoms with E-state index in [2.05, 4.69) is 11.4 Å². The molecule has 0 radical (unpaired) electrons. The number of fused-ring (bicyclic) bond motifs is 1. The highest BCUT2D eigenvalue weighted by molar-refractivity contribution is 5.78. The normalized spacial score (nSPS) is 12.2. The van der Waals surface area contributed by atoms with E-state index >= 15 is 0 Å². The molecule has 1 N–H and O–H groups in total. The molecule has 2 rings (SSSR count). The predicted octanol–water partition coefficient (Wildman–Crippen LogP) is 0.877. The zero-order chi connectivity index (χ0) is 14.4. The van der Waals surface area contributed by atoms with Crippen LogP contribution < -0.4 is 14.8 Å². The van der Waals surface area contributed by atoms with Gasteiger partial charge in [-0.25, -0.2) is 0 Å². The summed E-state index contributed by atoms with van der Waals surface area (Å²) in [7, 11) is 1.82. The number of hydrogen-bond acceptors (Lipinski definition) is 5. The van der Waals surface area contributed by atoms with Crippen LogP contribution in [-0.2, 0) is 11.3 Å². The van der Waals surface area contributed by atoms with E-state index in [0.717, 1.165) is 11.3 Å². The maximum atomic E-state index is 11.7. The van der Waals surface area contributed by atoms with Crippen molar-refractivity contribution in [3.05, 3.63) is 23.8 Å². The summed E-state index contributed by atoms with van der Waals surface area (Å²) in [6.07, 6.45) is 0.423. The van der Waals surface area contributed by atoms with Crippen molar-refractivity contribution in [1.82, 2.24) is 10.2 Å². The maximum absolute atomic E-state index is 11.7. The van der Waals surface area contributed by atoms with Crippen LogP contribution in [0.2, 0.25) is 0 Å². The topological polar surface area (TPSA) is 74.6 Å². The molecule has 1 aromatic carbocycles. The Morgan fingerprint density at radius 3 is 3.05 bits per heavy atom. The molecule has 0 spiro atoms. The third-order valence-corrected chi connectivity index (χ3v) is 2.95. The first-order chi connectivity index (χ1) is 9.69. The van der Waals surface area contributed by atoms with Gasteiger partial charge in [0.2, 0.25) is 12.7 Å². The lowest BCUT2D eigenvalue weighted by atomic mass is 10.2. The molecule has 0 bridgehead atoms. The van der Waals surface area contributed by atoms with Crippen molar-refractivity contribution in [1.29, 1.82) is 5.26 Å². The SMILES string of the molecule is CN(CCC#N)CC(=O)NCc1ccc2c(c1)OCO2. The van der Waals surface area contributed by atoms with Crippen molar-refractivity contribution < 1.29 is 14.3 Å². The van der Waals surface area contributed by atoms with Gasteiger partial charge in [-0.05, 0) is 24.7 Å². The third kappa shape index (κ3) is 3.87. The van der Waals surface area contributed by atoms with Crippen LogP contribution in [0.15, 0.2) is 18.2 Å². The Morgan fingerprint density at radius 1 is 1.45 bits per heavy atom. The second-order valence-electron chi connectivity index (χ2n) is 4.61. The summed E-state index contributed by atoms with van der Waals surface area (Å²) in [5.41, 5.74) is 0.960. The van der Waals surface area contributed by atoms with Gasteiger partial charge in [-0.2, -0.15) is 5.26 Å². The first-order valence-electron chi connectivity index (χ1n) is 6.40. The van der Waals surface area contributed by atoms with Crippen LogP contribution in [0.25, 0.3) is 0 Å². The minimum Gasteiger partial charge on any atom is -0.454 e. The van der Waals surface area contributed by atoms with Gasteiger partial charge in [0.15, 0.2) is 11.5 Å². The van der Waals surface area contributed by atoms with Crippen LogP contribution in [0.3, 0.4) is 0 Å². The fourth-order valence-electron chi connectivity index (χ4n) is 1.87. The molecule has 0 aromatic heterocycles. The maximum Gasteiger partial charge on any atom is 0.234 e. The van der Waals surface area contributed by atoms with Gasteiger partial charge in [-0.3, -0.25) is 9.69 Å². The molecule has 6 heteroatoms. The van der Waals surface area contributed by atoms with Gasteiger partial charge in [-0.15, -0.1) is 0 Å². The summed E-state index contributed by atoms with van der Waals surface area (Å²) >= 11 is 0. The highest BCUT2D eigenvalue weighted by Crippen LogP contribution is 2.32. The summed E-state index contributed by atoms with van der Waals surface area (Å²) in [6.45, 7) is 1.57. The standard InChI is InChI=1S/C14H17N3O3/c1-17(6-2-5-15)9-14(18)16-8-11-3-4-12-13(7-11)20-10-19-12/h3-4,7H,2,6,8-10H2,1H3,(H,16,18). The van der Waals surface area contributed by atoms with Gasteiger partial charge in [0.25, 0.3) is 0 Å². The Kier molecular flexibility index (Phi) is 4.80. The van der Waals surface area contributed by atoms with Crippen LogP contribution in [0.1, 0.15) is 12.0 Å². The molecule has 1 amide bonds. The number of nitrogens with zero attached hydrogens (tertiary/aromatic N) is 2. The second kappa shape index (κ2) is 6.78. The summed E-state index contributed by atoms with van der Waals surface area (Å²) in [6, 6.07) is 7.65. The van der Waals surface area contributed by atoms with Crippen molar-refractivity contribution >= 4 is 5.91 Å². The van der Waals surface area contributed by atoms with E-state index in [4.69, 9.17) is 14.7 Å².